The van der Waals surface area contributed by atoms with Gasteiger partial charge in [-0.2, -0.15) is 5.10 Å². The number of hydrogen-bond donors (Lipinski definition) is 1. The van der Waals surface area contributed by atoms with Gasteiger partial charge < -0.3 is 5.32 Å². The molecule has 1 aliphatic heterocycles. The zero-order chi connectivity index (χ0) is 16.6. The van der Waals surface area contributed by atoms with Crippen LogP contribution < -0.4 is 5.32 Å². The van der Waals surface area contributed by atoms with Gasteiger partial charge >= 0.3 is 0 Å². The Labute approximate surface area is 145 Å². The Kier molecular flexibility index (Phi) is 6.44. The van der Waals surface area contributed by atoms with E-state index in [1.807, 2.05) is 23.1 Å². The van der Waals surface area contributed by atoms with E-state index in [1.165, 1.54) is 49.9 Å². The van der Waals surface area contributed by atoms with Gasteiger partial charge in [-0.1, -0.05) is 37.1 Å². The van der Waals surface area contributed by atoms with Crippen LogP contribution in [-0.4, -0.2) is 33.8 Å². The average molecular weight is 326 g/mol. The van der Waals surface area contributed by atoms with Gasteiger partial charge in [-0.15, -0.1) is 0 Å². The van der Waals surface area contributed by atoms with Crippen LogP contribution >= 0.6 is 0 Å². The van der Waals surface area contributed by atoms with E-state index in [4.69, 9.17) is 0 Å². The molecule has 0 saturated carbocycles. The number of hydrogen-bond acceptors (Lipinski definition) is 3. The van der Waals surface area contributed by atoms with Gasteiger partial charge in [0.2, 0.25) is 0 Å². The van der Waals surface area contributed by atoms with Crippen LogP contribution in [0.25, 0.3) is 0 Å². The number of nitrogens with zero attached hydrogens (tertiary/aromatic N) is 3. The molecule has 1 fully saturated rings. The third-order valence-electron chi connectivity index (χ3n) is 4.77. The SMILES string of the molecule is CC(Cn1cccn1)NCc1cccc(CN2CCCCCC2)c1. The van der Waals surface area contributed by atoms with Crippen molar-refractivity contribution in [3.8, 4) is 0 Å². The number of aromatic nitrogens is 2. The maximum atomic E-state index is 4.27. The summed E-state index contributed by atoms with van der Waals surface area (Å²) in [5, 5.41) is 7.87. The van der Waals surface area contributed by atoms with E-state index in [0.717, 1.165) is 19.6 Å². The predicted octanol–water partition coefficient (Wildman–Crippen LogP) is 3.44. The van der Waals surface area contributed by atoms with Gasteiger partial charge in [-0.25, -0.2) is 0 Å². The van der Waals surface area contributed by atoms with E-state index in [-0.39, 0.29) is 0 Å². The highest BCUT2D eigenvalue weighted by molar-refractivity contribution is 5.23. The van der Waals surface area contributed by atoms with E-state index in [1.54, 1.807) is 0 Å². The van der Waals surface area contributed by atoms with E-state index in [2.05, 4.69) is 46.5 Å². The molecule has 1 aliphatic rings. The smallest absolute Gasteiger partial charge is 0.0560 e. The molecule has 1 aromatic carbocycles. The number of benzene rings is 1. The summed E-state index contributed by atoms with van der Waals surface area (Å²) in [7, 11) is 0. The Morgan fingerprint density at radius 3 is 2.62 bits per heavy atom. The monoisotopic (exact) mass is 326 g/mol. The van der Waals surface area contributed by atoms with Gasteiger partial charge in [0.1, 0.15) is 0 Å². The third-order valence-corrected chi connectivity index (χ3v) is 4.77. The Morgan fingerprint density at radius 2 is 1.88 bits per heavy atom. The molecular formula is C20H30N4. The molecule has 1 saturated heterocycles. The molecule has 4 nitrogen and oxygen atoms in total. The lowest BCUT2D eigenvalue weighted by Gasteiger charge is -2.20. The van der Waals surface area contributed by atoms with Gasteiger partial charge in [0, 0.05) is 31.5 Å². The fourth-order valence-electron chi connectivity index (χ4n) is 3.44. The fraction of sp³-hybridized carbons (Fsp3) is 0.550. The Bertz CT molecular complexity index is 585. The van der Waals surface area contributed by atoms with Gasteiger partial charge in [-0.05, 0) is 50.0 Å². The summed E-state index contributed by atoms with van der Waals surface area (Å²) >= 11 is 0. The molecule has 130 valence electrons. The second-order valence-electron chi connectivity index (χ2n) is 7.02. The maximum absolute atomic E-state index is 4.27. The minimum Gasteiger partial charge on any atom is -0.308 e. The Morgan fingerprint density at radius 1 is 1.08 bits per heavy atom. The van der Waals surface area contributed by atoms with Gasteiger partial charge in [0.05, 0.1) is 6.54 Å². The zero-order valence-electron chi connectivity index (χ0n) is 14.8. The van der Waals surface area contributed by atoms with Crippen LogP contribution in [0.1, 0.15) is 43.7 Å². The second kappa shape index (κ2) is 9.00. The fourth-order valence-corrected chi connectivity index (χ4v) is 3.44. The van der Waals surface area contributed by atoms with Crippen molar-refractivity contribution in [3.05, 3.63) is 53.9 Å². The lowest BCUT2D eigenvalue weighted by atomic mass is 10.1. The molecule has 0 spiro atoms. The van der Waals surface area contributed by atoms with Crippen LogP contribution in [-0.2, 0) is 19.6 Å². The Balaban J connectivity index is 1.49. The molecule has 0 radical (unpaired) electrons. The number of rotatable bonds is 7. The van der Waals surface area contributed by atoms with E-state index in [0.29, 0.717) is 6.04 Å². The first-order chi connectivity index (χ1) is 11.8. The van der Waals surface area contributed by atoms with E-state index >= 15 is 0 Å². The average Bonchev–Trinajstić information content (AvgIpc) is 2.96. The molecule has 1 unspecified atom stereocenters. The number of likely N-dealkylation sites (tertiary alicyclic amines) is 1. The van der Waals surface area contributed by atoms with Crippen molar-refractivity contribution >= 4 is 0 Å². The van der Waals surface area contributed by atoms with Crippen LogP contribution in [0.4, 0.5) is 0 Å². The molecule has 4 heteroatoms. The maximum Gasteiger partial charge on any atom is 0.0560 e. The summed E-state index contributed by atoms with van der Waals surface area (Å²) in [4.78, 5) is 2.61. The van der Waals surface area contributed by atoms with Gasteiger partial charge in [0.15, 0.2) is 0 Å². The summed E-state index contributed by atoms with van der Waals surface area (Å²) < 4.78 is 1.98. The van der Waals surface area contributed by atoms with Crippen LogP contribution in [0.5, 0.6) is 0 Å². The van der Waals surface area contributed by atoms with E-state index < -0.39 is 0 Å². The van der Waals surface area contributed by atoms with Crippen molar-refractivity contribution in [1.82, 2.24) is 20.0 Å². The van der Waals surface area contributed by atoms with Crippen molar-refractivity contribution in [1.29, 1.82) is 0 Å². The summed E-state index contributed by atoms with van der Waals surface area (Å²) in [5.74, 6) is 0. The summed E-state index contributed by atoms with van der Waals surface area (Å²) in [6.07, 6.45) is 9.35. The first kappa shape index (κ1) is 17.2. The van der Waals surface area contributed by atoms with Crippen molar-refractivity contribution < 1.29 is 0 Å². The molecule has 1 aromatic heterocycles. The minimum atomic E-state index is 0.402. The molecule has 0 bridgehead atoms. The van der Waals surface area contributed by atoms with Crippen LogP contribution in [0.3, 0.4) is 0 Å². The topological polar surface area (TPSA) is 33.1 Å². The molecule has 0 aliphatic carbocycles. The first-order valence-electron chi connectivity index (χ1n) is 9.30. The molecule has 3 rings (SSSR count). The number of nitrogens with one attached hydrogen (secondary N) is 1. The molecule has 1 N–H and O–H groups in total. The largest absolute Gasteiger partial charge is 0.308 e. The Hall–Kier alpha value is -1.65. The molecule has 0 amide bonds. The molecule has 1 atom stereocenters. The first-order valence-corrected chi connectivity index (χ1v) is 9.30. The molecular weight excluding hydrogens is 296 g/mol. The highest BCUT2D eigenvalue weighted by Gasteiger charge is 2.10. The van der Waals surface area contributed by atoms with Crippen molar-refractivity contribution in [2.24, 2.45) is 0 Å². The van der Waals surface area contributed by atoms with Crippen LogP contribution in [0.2, 0.25) is 0 Å². The molecule has 2 aromatic rings. The van der Waals surface area contributed by atoms with Crippen molar-refractivity contribution in [2.45, 2.75) is 58.3 Å². The predicted molar refractivity (Wildman–Crippen MR) is 98.7 cm³/mol. The molecule has 2 heterocycles. The second-order valence-corrected chi connectivity index (χ2v) is 7.02. The van der Waals surface area contributed by atoms with E-state index in [9.17, 15) is 0 Å². The lowest BCUT2D eigenvalue weighted by molar-refractivity contribution is 0.277. The van der Waals surface area contributed by atoms with Crippen LogP contribution in [0.15, 0.2) is 42.7 Å². The van der Waals surface area contributed by atoms with Crippen molar-refractivity contribution in [3.63, 3.8) is 0 Å². The minimum absolute atomic E-state index is 0.402. The van der Waals surface area contributed by atoms with Gasteiger partial charge in [-0.3, -0.25) is 9.58 Å². The standard InChI is InChI=1S/C20H30N4/c1-18(16-24-13-7-10-22-24)21-15-19-8-6-9-20(14-19)17-23-11-4-2-3-5-12-23/h6-10,13-14,18,21H,2-5,11-12,15-17H2,1H3. The molecule has 24 heavy (non-hydrogen) atoms. The normalized spacial score (nSPS) is 17.5. The quantitative estimate of drug-likeness (QED) is 0.846. The highest BCUT2D eigenvalue weighted by Crippen LogP contribution is 2.14. The summed E-state index contributed by atoms with van der Waals surface area (Å²) in [6, 6.07) is 11.4. The van der Waals surface area contributed by atoms with Crippen molar-refractivity contribution in [2.75, 3.05) is 13.1 Å². The van der Waals surface area contributed by atoms with Gasteiger partial charge in [0.25, 0.3) is 0 Å². The summed E-state index contributed by atoms with van der Waals surface area (Å²) in [5.41, 5.74) is 2.81. The zero-order valence-corrected chi connectivity index (χ0v) is 14.8. The third kappa shape index (κ3) is 5.46. The highest BCUT2D eigenvalue weighted by atomic mass is 15.3. The van der Waals surface area contributed by atoms with Crippen LogP contribution in [0, 0.1) is 0 Å². The summed E-state index contributed by atoms with van der Waals surface area (Å²) in [6.45, 7) is 7.63. The lowest BCUT2D eigenvalue weighted by Crippen LogP contribution is -2.30.